The van der Waals surface area contributed by atoms with Crippen molar-refractivity contribution in [3.63, 3.8) is 0 Å². The summed E-state index contributed by atoms with van der Waals surface area (Å²) in [6.45, 7) is 9.06. The molecule has 0 saturated heterocycles. The second kappa shape index (κ2) is 28.3. The van der Waals surface area contributed by atoms with Crippen molar-refractivity contribution in [3.8, 4) is 0 Å². The molecule has 0 heterocycles. The summed E-state index contributed by atoms with van der Waals surface area (Å²) < 4.78 is 0.220. The highest BCUT2D eigenvalue weighted by Crippen LogP contribution is 2.25. The minimum atomic E-state index is -1.14. The van der Waals surface area contributed by atoms with Gasteiger partial charge in [0.2, 0.25) is 0 Å². The highest BCUT2D eigenvalue weighted by atomic mass is 16.4. The molecule has 0 aromatic rings. The van der Waals surface area contributed by atoms with Gasteiger partial charge in [-0.25, -0.2) is 0 Å². The first-order valence-corrected chi connectivity index (χ1v) is 18.8. The Morgan fingerprint density at radius 1 is 0.533 bits per heavy atom. The molecule has 2 N–H and O–H groups in total. The van der Waals surface area contributed by atoms with Crippen LogP contribution < -0.4 is 5.11 Å². The number of rotatable bonds is 33. The Morgan fingerprint density at radius 2 is 0.867 bits per heavy atom. The van der Waals surface area contributed by atoms with Crippen molar-refractivity contribution in [1.29, 1.82) is 0 Å². The molecular weight excluding hydrogens is 566 g/mol. The van der Waals surface area contributed by atoms with Crippen LogP contribution in [0, 0.1) is 17.8 Å². The van der Waals surface area contributed by atoms with Crippen LogP contribution >= 0.6 is 0 Å². The van der Waals surface area contributed by atoms with Gasteiger partial charge in [-0.15, -0.1) is 0 Å². The van der Waals surface area contributed by atoms with Crippen molar-refractivity contribution in [2.24, 2.45) is 17.8 Å². The number of carboxylic acid groups (broad SMARTS) is 3. The van der Waals surface area contributed by atoms with E-state index < -0.39 is 35.7 Å². The Labute approximate surface area is 276 Å². The van der Waals surface area contributed by atoms with Crippen molar-refractivity contribution in [2.45, 2.75) is 169 Å². The average molecular weight is 638 g/mol. The second-order valence-corrected chi connectivity index (χ2v) is 13.6. The minimum Gasteiger partial charge on any atom is -0.550 e. The molecule has 7 nitrogen and oxygen atoms in total. The molecule has 0 radical (unpaired) electrons. The van der Waals surface area contributed by atoms with Crippen LogP contribution in [0.5, 0.6) is 0 Å². The lowest BCUT2D eigenvalue weighted by molar-refractivity contribution is -0.935. The number of nitrogens with zero attached hydrogens (tertiary/aromatic N) is 1. The predicted molar refractivity (Wildman–Crippen MR) is 184 cm³/mol. The number of carboxylic acids is 3. The lowest BCUT2D eigenvalue weighted by Gasteiger charge is -2.44. The van der Waals surface area contributed by atoms with Crippen molar-refractivity contribution in [1.82, 2.24) is 0 Å². The Kier molecular flexibility index (Phi) is 27.2. The zero-order chi connectivity index (χ0) is 33.8. The first-order valence-electron chi connectivity index (χ1n) is 18.8. The van der Waals surface area contributed by atoms with E-state index in [-0.39, 0.29) is 24.1 Å². The first-order chi connectivity index (χ1) is 21.7. The van der Waals surface area contributed by atoms with E-state index in [9.17, 15) is 29.7 Å². The first kappa shape index (κ1) is 43.1. The van der Waals surface area contributed by atoms with E-state index in [1.807, 2.05) is 13.8 Å². The number of carbonyl (C=O) groups is 3. The van der Waals surface area contributed by atoms with Crippen LogP contribution in [0.4, 0.5) is 0 Å². The summed E-state index contributed by atoms with van der Waals surface area (Å²) >= 11 is 0. The summed E-state index contributed by atoms with van der Waals surface area (Å²) in [6.07, 6.45) is 29.7. The molecule has 0 aliphatic heterocycles. The summed E-state index contributed by atoms with van der Waals surface area (Å²) in [4.78, 5) is 35.9. The molecule has 0 aromatic carbocycles. The van der Waals surface area contributed by atoms with E-state index in [4.69, 9.17) is 0 Å². The van der Waals surface area contributed by atoms with Crippen LogP contribution in [0.15, 0.2) is 12.2 Å². The van der Waals surface area contributed by atoms with E-state index in [2.05, 4.69) is 19.1 Å². The highest BCUT2D eigenvalue weighted by Gasteiger charge is 2.39. The largest absolute Gasteiger partial charge is 0.550 e. The van der Waals surface area contributed by atoms with Gasteiger partial charge in [-0.3, -0.25) is 9.59 Å². The predicted octanol–water partition coefficient (Wildman–Crippen LogP) is 8.79. The monoisotopic (exact) mass is 638 g/mol. The third-order valence-corrected chi connectivity index (χ3v) is 9.73. The van der Waals surface area contributed by atoms with Gasteiger partial charge >= 0.3 is 11.9 Å². The summed E-state index contributed by atoms with van der Waals surface area (Å²) in [5, 5.41) is 31.5. The lowest BCUT2D eigenvalue weighted by atomic mass is 9.95. The molecule has 3 atom stereocenters. The van der Waals surface area contributed by atoms with Crippen LogP contribution in [-0.2, 0) is 14.4 Å². The number of aliphatic carboxylic acids is 3. The van der Waals surface area contributed by atoms with Crippen molar-refractivity contribution in [3.05, 3.63) is 12.2 Å². The standard InChI is InChI=1S/C38H71NO6/c1-5-9-10-11-12-13-14-15-16-17-18-19-20-21-22-23-24-25-26-27-28-29-39(30-33(6-2)36(40)41,31-34(7-3)37(42)43)32-35(8-4)38(44)45/h14-15,33-35H,5-13,16-32H2,1-4H3,(H2-,40,41,42,43,44,45)/b15-14+. The summed E-state index contributed by atoms with van der Waals surface area (Å²) in [7, 11) is 0. The molecule has 0 aliphatic rings. The van der Waals surface area contributed by atoms with Crippen molar-refractivity contribution >= 4 is 17.9 Å². The molecule has 0 saturated carbocycles. The van der Waals surface area contributed by atoms with Gasteiger partial charge in [0.05, 0.1) is 32.1 Å². The average Bonchev–Trinajstić information content (AvgIpc) is 3.01. The molecule has 0 aliphatic carbocycles. The molecule has 264 valence electrons. The Bertz CT molecular complexity index is 722. The van der Waals surface area contributed by atoms with E-state index in [1.165, 1.54) is 103 Å². The molecule has 7 heteroatoms. The quantitative estimate of drug-likeness (QED) is 0.0422. The number of allylic oxidation sites excluding steroid dienone is 2. The molecule has 0 amide bonds. The third-order valence-electron chi connectivity index (χ3n) is 9.73. The molecule has 0 rings (SSSR count). The number of unbranched alkanes of at least 4 members (excludes halogenated alkanes) is 17. The van der Waals surface area contributed by atoms with Gasteiger partial charge < -0.3 is 24.6 Å². The van der Waals surface area contributed by atoms with Crippen molar-refractivity contribution in [2.75, 3.05) is 26.2 Å². The van der Waals surface area contributed by atoms with E-state index in [0.29, 0.717) is 25.8 Å². The molecule has 0 spiro atoms. The summed E-state index contributed by atoms with van der Waals surface area (Å²) in [5.74, 6) is -4.94. The number of hydrogen-bond donors (Lipinski definition) is 2. The normalized spacial score (nSPS) is 15.1. The van der Waals surface area contributed by atoms with Gasteiger partial charge in [-0.1, -0.05) is 123 Å². The van der Waals surface area contributed by atoms with E-state index in [1.54, 1.807) is 6.92 Å². The van der Waals surface area contributed by atoms with E-state index in [0.717, 1.165) is 19.3 Å². The number of hydrogen-bond acceptors (Lipinski definition) is 4. The van der Waals surface area contributed by atoms with Crippen LogP contribution in [-0.4, -0.2) is 58.8 Å². The SMILES string of the molecule is CCCCCCC/C=C/CCCCCCCCCCCCCC[N+](CC(CC)C(=O)[O-])(CC(CC)C(=O)O)CC(CC)C(=O)O. The second-order valence-electron chi connectivity index (χ2n) is 13.6. The Hall–Kier alpha value is -1.89. The summed E-state index contributed by atoms with van der Waals surface area (Å²) in [6, 6.07) is 0. The fourth-order valence-electron chi connectivity index (χ4n) is 6.61. The van der Waals surface area contributed by atoms with Gasteiger partial charge in [0.15, 0.2) is 0 Å². The fourth-order valence-corrected chi connectivity index (χ4v) is 6.61. The van der Waals surface area contributed by atoms with Gasteiger partial charge in [0.25, 0.3) is 0 Å². The molecule has 0 bridgehead atoms. The van der Waals surface area contributed by atoms with Gasteiger partial charge in [-0.05, 0) is 57.8 Å². The zero-order valence-electron chi connectivity index (χ0n) is 29.7. The van der Waals surface area contributed by atoms with E-state index >= 15 is 0 Å². The Morgan fingerprint density at radius 3 is 1.20 bits per heavy atom. The van der Waals surface area contributed by atoms with Crippen LogP contribution in [0.1, 0.15) is 169 Å². The highest BCUT2D eigenvalue weighted by molar-refractivity contribution is 5.70. The lowest BCUT2D eigenvalue weighted by Crippen LogP contribution is -2.59. The molecule has 45 heavy (non-hydrogen) atoms. The van der Waals surface area contributed by atoms with Crippen LogP contribution in [0.3, 0.4) is 0 Å². The van der Waals surface area contributed by atoms with Crippen LogP contribution in [0.2, 0.25) is 0 Å². The number of carbonyl (C=O) groups excluding carboxylic acids is 1. The maximum absolute atomic E-state index is 12.0. The minimum absolute atomic E-state index is 0.220. The maximum Gasteiger partial charge on any atom is 0.312 e. The molecule has 3 unspecified atom stereocenters. The number of quaternary nitrogens is 1. The van der Waals surface area contributed by atoms with Gasteiger partial charge in [0.1, 0.15) is 11.8 Å². The van der Waals surface area contributed by atoms with Gasteiger partial charge in [0, 0.05) is 5.92 Å². The topological polar surface area (TPSA) is 115 Å². The Balaban J connectivity index is 4.49. The maximum atomic E-state index is 12.0. The molecule has 0 aromatic heterocycles. The van der Waals surface area contributed by atoms with Gasteiger partial charge in [-0.2, -0.15) is 0 Å². The summed E-state index contributed by atoms with van der Waals surface area (Å²) in [5.41, 5.74) is 0. The van der Waals surface area contributed by atoms with Crippen molar-refractivity contribution < 1.29 is 34.2 Å². The van der Waals surface area contributed by atoms with Crippen LogP contribution in [0.25, 0.3) is 0 Å². The molecular formula is C38H71NO6. The third kappa shape index (κ3) is 22.3. The smallest absolute Gasteiger partial charge is 0.312 e. The molecule has 0 fully saturated rings. The fraction of sp³-hybridized carbons (Fsp3) is 0.868. The zero-order valence-corrected chi connectivity index (χ0v) is 29.7.